The van der Waals surface area contributed by atoms with Crippen molar-refractivity contribution in [2.75, 3.05) is 0 Å². The first kappa shape index (κ1) is 19.2. The van der Waals surface area contributed by atoms with Gasteiger partial charge in [-0.3, -0.25) is 4.79 Å². The van der Waals surface area contributed by atoms with E-state index in [1.807, 2.05) is 6.92 Å². The molecule has 0 fully saturated rings. The van der Waals surface area contributed by atoms with E-state index in [-0.39, 0.29) is 12.5 Å². The topological polar surface area (TPSA) is 77.2 Å². The zero-order valence-corrected chi connectivity index (χ0v) is 16.0. The van der Waals surface area contributed by atoms with Crippen molar-refractivity contribution in [2.45, 2.75) is 26.0 Å². The Morgan fingerprint density at radius 1 is 1.19 bits per heavy atom. The first-order valence-electron chi connectivity index (χ1n) is 8.34. The Kier molecular flexibility index (Phi) is 6.32. The Hall–Kier alpha value is -2.57. The van der Waals surface area contributed by atoms with E-state index in [9.17, 15) is 4.79 Å². The number of ether oxygens (including phenoxy) is 1. The molecule has 3 aromatic rings. The number of hydrogen-bond donors (Lipinski definition) is 1. The Morgan fingerprint density at radius 2 is 1.93 bits per heavy atom. The first-order chi connectivity index (χ1) is 13.1. The van der Waals surface area contributed by atoms with Crippen LogP contribution in [0.3, 0.4) is 0 Å². The van der Waals surface area contributed by atoms with E-state index in [1.54, 1.807) is 48.5 Å². The molecule has 0 saturated carbocycles. The molecule has 0 spiro atoms. The maximum atomic E-state index is 12.4. The van der Waals surface area contributed by atoms with Gasteiger partial charge in [0.05, 0.1) is 11.6 Å². The Bertz CT molecular complexity index is 913. The van der Waals surface area contributed by atoms with E-state index in [0.717, 1.165) is 5.56 Å². The maximum Gasteiger partial charge on any atom is 0.261 e. The van der Waals surface area contributed by atoms with Gasteiger partial charge < -0.3 is 14.6 Å². The molecule has 27 heavy (non-hydrogen) atoms. The summed E-state index contributed by atoms with van der Waals surface area (Å²) in [4.78, 5) is 16.7. The van der Waals surface area contributed by atoms with Crippen molar-refractivity contribution in [1.82, 2.24) is 15.5 Å². The quantitative estimate of drug-likeness (QED) is 0.625. The minimum Gasteiger partial charge on any atom is -0.479 e. The number of benzene rings is 2. The SMILES string of the molecule is CCC(Oc1ccccc1Cl)C(=O)NCc1nc(-c2ccc(Cl)cc2)no1. The van der Waals surface area contributed by atoms with E-state index in [2.05, 4.69) is 15.5 Å². The van der Waals surface area contributed by atoms with Gasteiger partial charge in [-0.15, -0.1) is 0 Å². The second kappa shape index (κ2) is 8.88. The average Bonchev–Trinajstić information content (AvgIpc) is 3.15. The molecular weight excluding hydrogens is 389 g/mol. The number of nitrogens with one attached hydrogen (secondary N) is 1. The summed E-state index contributed by atoms with van der Waals surface area (Å²) in [5, 5.41) is 7.72. The van der Waals surface area contributed by atoms with Crippen LogP contribution in [0.4, 0.5) is 0 Å². The maximum absolute atomic E-state index is 12.4. The Labute approximate surface area is 166 Å². The summed E-state index contributed by atoms with van der Waals surface area (Å²) in [7, 11) is 0. The highest BCUT2D eigenvalue weighted by Gasteiger charge is 2.20. The molecule has 0 radical (unpaired) electrons. The van der Waals surface area contributed by atoms with Crippen LogP contribution < -0.4 is 10.1 Å². The molecule has 1 unspecified atom stereocenters. The highest BCUT2D eigenvalue weighted by molar-refractivity contribution is 6.32. The molecule has 1 heterocycles. The van der Waals surface area contributed by atoms with Gasteiger partial charge in [0, 0.05) is 10.6 Å². The molecule has 140 valence electrons. The summed E-state index contributed by atoms with van der Waals surface area (Å²) < 4.78 is 10.9. The van der Waals surface area contributed by atoms with Crippen molar-refractivity contribution in [2.24, 2.45) is 0 Å². The van der Waals surface area contributed by atoms with E-state index in [0.29, 0.717) is 33.9 Å². The third kappa shape index (κ3) is 4.99. The molecular formula is C19H17Cl2N3O3. The van der Waals surface area contributed by atoms with Crippen LogP contribution in [-0.4, -0.2) is 22.2 Å². The van der Waals surface area contributed by atoms with Gasteiger partial charge in [-0.1, -0.05) is 47.4 Å². The van der Waals surface area contributed by atoms with Crippen molar-refractivity contribution in [3.05, 3.63) is 64.5 Å². The zero-order chi connectivity index (χ0) is 19.2. The summed E-state index contributed by atoms with van der Waals surface area (Å²) in [6.07, 6.45) is -0.194. The molecule has 8 heteroatoms. The summed E-state index contributed by atoms with van der Waals surface area (Å²) >= 11 is 11.9. The van der Waals surface area contributed by atoms with Crippen LogP contribution >= 0.6 is 23.2 Å². The van der Waals surface area contributed by atoms with E-state index < -0.39 is 6.10 Å². The average molecular weight is 406 g/mol. The zero-order valence-electron chi connectivity index (χ0n) is 14.5. The van der Waals surface area contributed by atoms with Gasteiger partial charge in [-0.05, 0) is 42.8 Å². The van der Waals surface area contributed by atoms with Gasteiger partial charge >= 0.3 is 0 Å². The van der Waals surface area contributed by atoms with Gasteiger partial charge in [0.15, 0.2) is 6.10 Å². The first-order valence-corrected chi connectivity index (χ1v) is 9.10. The fraction of sp³-hybridized carbons (Fsp3) is 0.211. The number of nitrogens with zero attached hydrogens (tertiary/aromatic N) is 2. The number of para-hydroxylation sites is 1. The fourth-order valence-electron chi connectivity index (χ4n) is 2.34. The number of hydrogen-bond acceptors (Lipinski definition) is 5. The number of amides is 1. The molecule has 3 rings (SSSR count). The molecule has 1 atom stereocenters. The summed E-state index contributed by atoms with van der Waals surface area (Å²) in [6.45, 7) is 1.95. The molecule has 0 aliphatic carbocycles. The molecule has 0 aliphatic heterocycles. The van der Waals surface area contributed by atoms with Crippen LogP contribution in [0.25, 0.3) is 11.4 Å². The number of aromatic nitrogens is 2. The molecule has 1 N–H and O–H groups in total. The predicted octanol–water partition coefficient (Wildman–Crippen LogP) is 4.52. The lowest BCUT2D eigenvalue weighted by atomic mass is 10.2. The molecule has 1 amide bonds. The van der Waals surface area contributed by atoms with Gasteiger partial charge in [0.1, 0.15) is 5.75 Å². The van der Waals surface area contributed by atoms with Crippen molar-refractivity contribution < 1.29 is 14.1 Å². The monoisotopic (exact) mass is 405 g/mol. The third-order valence-electron chi connectivity index (χ3n) is 3.75. The summed E-state index contributed by atoms with van der Waals surface area (Å²) in [5.41, 5.74) is 0.772. The number of carbonyl (C=O) groups is 1. The lowest BCUT2D eigenvalue weighted by molar-refractivity contribution is -0.128. The molecule has 0 bridgehead atoms. The number of halogens is 2. The predicted molar refractivity (Wildman–Crippen MR) is 103 cm³/mol. The van der Waals surface area contributed by atoms with Crippen LogP contribution in [-0.2, 0) is 11.3 Å². The molecule has 0 saturated heterocycles. The van der Waals surface area contributed by atoms with Crippen molar-refractivity contribution in [3.8, 4) is 17.1 Å². The van der Waals surface area contributed by atoms with Crippen molar-refractivity contribution in [1.29, 1.82) is 0 Å². The number of carbonyl (C=O) groups excluding carboxylic acids is 1. The van der Waals surface area contributed by atoms with E-state index in [4.69, 9.17) is 32.5 Å². The second-order valence-corrected chi connectivity index (χ2v) is 6.53. The number of rotatable bonds is 7. The van der Waals surface area contributed by atoms with Crippen molar-refractivity contribution >= 4 is 29.1 Å². The van der Waals surface area contributed by atoms with Crippen molar-refractivity contribution in [3.63, 3.8) is 0 Å². The lowest BCUT2D eigenvalue weighted by Crippen LogP contribution is -2.37. The minimum atomic E-state index is -0.677. The van der Waals surface area contributed by atoms with Gasteiger partial charge in [0.2, 0.25) is 11.7 Å². The normalized spacial score (nSPS) is 11.8. The second-order valence-electron chi connectivity index (χ2n) is 5.68. The van der Waals surface area contributed by atoms with Gasteiger partial charge in [-0.2, -0.15) is 4.98 Å². The third-order valence-corrected chi connectivity index (χ3v) is 4.32. The molecule has 1 aromatic heterocycles. The largest absolute Gasteiger partial charge is 0.479 e. The highest BCUT2D eigenvalue weighted by atomic mass is 35.5. The van der Waals surface area contributed by atoms with E-state index in [1.165, 1.54) is 0 Å². The van der Waals surface area contributed by atoms with Crippen LogP contribution in [0.5, 0.6) is 5.75 Å². The fourth-order valence-corrected chi connectivity index (χ4v) is 2.64. The minimum absolute atomic E-state index is 0.0990. The van der Waals surface area contributed by atoms with E-state index >= 15 is 0 Å². The smallest absolute Gasteiger partial charge is 0.261 e. The lowest BCUT2D eigenvalue weighted by Gasteiger charge is -2.17. The summed E-state index contributed by atoms with van der Waals surface area (Å²) in [6, 6.07) is 14.1. The highest BCUT2D eigenvalue weighted by Crippen LogP contribution is 2.25. The molecule has 6 nitrogen and oxygen atoms in total. The van der Waals surface area contributed by atoms with Gasteiger partial charge in [0.25, 0.3) is 5.91 Å². The van der Waals surface area contributed by atoms with Gasteiger partial charge in [-0.25, -0.2) is 0 Å². The standard InChI is InChI=1S/C19H17Cl2N3O3/c1-2-15(26-16-6-4-3-5-14(16)21)19(25)22-11-17-23-18(24-27-17)12-7-9-13(20)10-8-12/h3-10,15H,2,11H2,1H3,(H,22,25). The summed E-state index contributed by atoms with van der Waals surface area (Å²) in [5.74, 6) is 0.892. The van der Waals surface area contributed by atoms with Crippen LogP contribution in [0.1, 0.15) is 19.2 Å². The molecule has 2 aromatic carbocycles. The van der Waals surface area contributed by atoms with Crippen LogP contribution in [0, 0.1) is 0 Å². The van der Waals surface area contributed by atoms with Crippen LogP contribution in [0.15, 0.2) is 53.1 Å². The van der Waals surface area contributed by atoms with Crippen LogP contribution in [0.2, 0.25) is 10.0 Å². The Morgan fingerprint density at radius 3 is 2.63 bits per heavy atom. The Balaban J connectivity index is 1.59. The molecule has 0 aliphatic rings.